The summed E-state index contributed by atoms with van der Waals surface area (Å²) < 4.78 is 0. The van der Waals surface area contributed by atoms with Gasteiger partial charge in [0.1, 0.15) is 0 Å². The smallest absolute Gasteiger partial charge is 0.258 e. The summed E-state index contributed by atoms with van der Waals surface area (Å²) in [6.07, 6.45) is 0. The average Bonchev–Trinajstić information content (AvgIpc) is 2.26. The Hall–Kier alpha value is -2.51. The Morgan fingerprint density at radius 2 is 2.38 bits per heavy atom. The Bertz CT molecular complexity index is 521. The summed E-state index contributed by atoms with van der Waals surface area (Å²) in [5.41, 5.74) is 9.49. The van der Waals surface area contributed by atoms with Crippen molar-refractivity contribution in [3.8, 4) is 11.8 Å². The van der Waals surface area contributed by atoms with Crippen molar-refractivity contribution in [3.63, 3.8) is 0 Å². The molecule has 0 spiro atoms. The molecule has 0 aromatic heterocycles. The summed E-state index contributed by atoms with van der Waals surface area (Å²) in [6.45, 7) is 1.83. The second-order valence-corrected chi connectivity index (χ2v) is 2.95. The van der Waals surface area contributed by atoms with Gasteiger partial charge in [0.05, 0.1) is 11.5 Å². The average molecular weight is 216 g/mol. The minimum Gasteiger partial charge on any atom is -0.258 e. The lowest BCUT2D eigenvalue weighted by molar-refractivity contribution is -0.384. The topological polar surface area (TPSA) is 91.9 Å². The highest BCUT2D eigenvalue weighted by atomic mass is 16.6. The van der Waals surface area contributed by atoms with Crippen LogP contribution in [-0.2, 0) is 0 Å². The maximum Gasteiger partial charge on any atom is 0.269 e. The SMILES string of the molecule is Cc1cc([N+](=O)[O-])ccc1C#CCN=[N+]=[N-]. The van der Waals surface area contributed by atoms with E-state index in [1.54, 1.807) is 13.0 Å². The van der Waals surface area contributed by atoms with Crippen molar-refractivity contribution < 1.29 is 4.92 Å². The normalized spacial score (nSPS) is 8.56. The third kappa shape index (κ3) is 3.01. The van der Waals surface area contributed by atoms with Crippen LogP contribution in [0.3, 0.4) is 0 Å². The molecule has 0 aliphatic carbocycles. The first-order valence-electron chi connectivity index (χ1n) is 4.40. The van der Waals surface area contributed by atoms with Crippen molar-refractivity contribution in [2.24, 2.45) is 5.11 Å². The maximum atomic E-state index is 10.5. The van der Waals surface area contributed by atoms with Crippen molar-refractivity contribution >= 4 is 5.69 Å². The molecule has 1 aromatic carbocycles. The number of nitrogens with zero attached hydrogens (tertiary/aromatic N) is 4. The number of azide groups is 1. The Kier molecular flexibility index (Phi) is 3.90. The van der Waals surface area contributed by atoms with Crippen LogP contribution in [0.15, 0.2) is 23.3 Å². The van der Waals surface area contributed by atoms with Crippen LogP contribution in [0, 0.1) is 28.9 Å². The first-order chi connectivity index (χ1) is 7.65. The second-order valence-electron chi connectivity index (χ2n) is 2.95. The van der Waals surface area contributed by atoms with Crippen LogP contribution >= 0.6 is 0 Å². The lowest BCUT2D eigenvalue weighted by Crippen LogP contribution is -1.90. The summed E-state index contributed by atoms with van der Waals surface area (Å²) in [6, 6.07) is 4.43. The predicted octanol–water partition coefficient (Wildman–Crippen LogP) is 2.57. The van der Waals surface area contributed by atoms with E-state index in [9.17, 15) is 10.1 Å². The van der Waals surface area contributed by atoms with Crippen molar-refractivity contribution in [1.82, 2.24) is 0 Å². The van der Waals surface area contributed by atoms with Gasteiger partial charge >= 0.3 is 0 Å². The van der Waals surface area contributed by atoms with E-state index in [2.05, 4.69) is 21.9 Å². The van der Waals surface area contributed by atoms with Crippen LogP contribution in [-0.4, -0.2) is 11.5 Å². The second kappa shape index (κ2) is 5.39. The third-order valence-electron chi connectivity index (χ3n) is 1.86. The van der Waals surface area contributed by atoms with E-state index < -0.39 is 4.92 Å². The van der Waals surface area contributed by atoms with Gasteiger partial charge in [-0.15, -0.1) is 0 Å². The molecule has 0 fully saturated rings. The van der Waals surface area contributed by atoms with E-state index in [-0.39, 0.29) is 12.2 Å². The summed E-state index contributed by atoms with van der Waals surface area (Å²) in [7, 11) is 0. The van der Waals surface area contributed by atoms with E-state index >= 15 is 0 Å². The Morgan fingerprint density at radius 1 is 1.62 bits per heavy atom. The van der Waals surface area contributed by atoms with Gasteiger partial charge in [-0.3, -0.25) is 10.1 Å². The first-order valence-corrected chi connectivity index (χ1v) is 4.40. The summed E-state index contributed by atoms with van der Waals surface area (Å²) in [5, 5.41) is 13.7. The van der Waals surface area contributed by atoms with Crippen LogP contribution in [0.4, 0.5) is 5.69 Å². The minimum atomic E-state index is -0.454. The van der Waals surface area contributed by atoms with Crippen LogP contribution in [0.5, 0.6) is 0 Å². The number of hydrogen-bond acceptors (Lipinski definition) is 3. The molecule has 0 N–H and O–H groups in total. The lowest BCUT2D eigenvalue weighted by atomic mass is 10.1. The molecule has 0 saturated heterocycles. The van der Waals surface area contributed by atoms with Crippen LogP contribution in [0.1, 0.15) is 11.1 Å². The van der Waals surface area contributed by atoms with E-state index in [0.717, 1.165) is 5.56 Å². The molecule has 6 nitrogen and oxygen atoms in total. The fraction of sp³-hybridized carbons (Fsp3) is 0.200. The number of rotatable bonds is 2. The van der Waals surface area contributed by atoms with E-state index in [0.29, 0.717) is 5.56 Å². The summed E-state index contributed by atoms with van der Waals surface area (Å²) >= 11 is 0. The number of nitro groups is 1. The molecule has 1 rings (SSSR count). The van der Waals surface area contributed by atoms with E-state index in [4.69, 9.17) is 5.53 Å². The standard InChI is InChI=1S/C10H8N4O2/c1-8-7-10(14(15)16)5-4-9(8)3-2-6-12-13-11/h4-5,7H,6H2,1H3. The summed E-state index contributed by atoms with van der Waals surface area (Å²) in [4.78, 5) is 12.6. The quantitative estimate of drug-likeness (QED) is 0.190. The van der Waals surface area contributed by atoms with Crippen molar-refractivity contribution in [1.29, 1.82) is 0 Å². The molecule has 0 amide bonds. The maximum absolute atomic E-state index is 10.5. The highest BCUT2D eigenvalue weighted by Gasteiger charge is 2.06. The molecular weight excluding hydrogens is 208 g/mol. The van der Waals surface area contributed by atoms with E-state index in [1.807, 2.05) is 0 Å². The molecule has 0 radical (unpaired) electrons. The fourth-order valence-corrected chi connectivity index (χ4v) is 1.10. The van der Waals surface area contributed by atoms with Gasteiger partial charge in [0, 0.05) is 22.6 Å². The zero-order chi connectivity index (χ0) is 12.0. The molecule has 0 saturated carbocycles. The van der Waals surface area contributed by atoms with Gasteiger partial charge in [-0.05, 0) is 24.1 Å². The molecule has 0 atom stereocenters. The van der Waals surface area contributed by atoms with Gasteiger partial charge in [0.15, 0.2) is 0 Å². The fourth-order valence-electron chi connectivity index (χ4n) is 1.10. The molecule has 80 valence electrons. The molecular formula is C10H8N4O2. The Labute approximate surface area is 91.7 Å². The van der Waals surface area contributed by atoms with E-state index in [1.165, 1.54) is 12.1 Å². The Morgan fingerprint density at radius 3 is 2.94 bits per heavy atom. The van der Waals surface area contributed by atoms with Crippen LogP contribution in [0.25, 0.3) is 10.4 Å². The van der Waals surface area contributed by atoms with Crippen molar-refractivity contribution in [3.05, 3.63) is 49.9 Å². The van der Waals surface area contributed by atoms with Gasteiger partial charge in [-0.25, -0.2) is 0 Å². The highest BCUT2D eigenvalue weighted by Crippen LogP contribution is 2.16. The number of aryl methyl sites for hydroxylation is 1. The van der Waals surface area contributed by atoms with Gasteiger partial charge in [-0.2, -0.15) is 0 Å². The predicted molar refractivity (Wildman–Crippen MR) is 58.7 cm³/mol. The Balaban J connectivity index is 2.93. The number of hydrogen-bond donors (Lipinski definition) is 0. The summed E-state index contributed by atoms with van der Waals surface area (Å²) in [5.74, 6) is 5.43. The van der Waals surface area contributed by atoms with Crippen LogP contribution < -0.4 is 0 Å². The molecule has 1 aromatic rings. The lowest BCUT2D eigenvalue weighted by Gasteiger charge is -1.97. The van der Waals surface area contributed by atoms with Crippen LogP contribution in [0.2, 0.25) is 0 Å². The minimum absolute atomic E-state index is 0.0399. The molecule has 0 aliphatic heterocycles. The molecule has 16 heavy (non-hydrogen) atoms. The molecule has 6 heteroatoms. The zero-order valence-corrected chi connectivity index (χ0v) is 8.54. The zero-order valence-electron chi connectivity index (χ0n) is 8.54. The molecule has 0 heterocycles. The van der Waals surface area contributed by atoms with Gasteiger partial charge in [-0.1, -0.05) is 17.0 Å². The van der Waals surface area contributed by atoms with Gasteiger partial charge in [0.25, 0.3) is 5.69 Å². The molecule has 0 unspecified atom stereocenters. The number of benzene rings is 1. The first kappa shape index (κ1) is 11.6. The largest absolute Gasteiger partial charge is 0.269 e. The van der Waals surface area contributed by atoms with Crippen molar-refractivity contribution in [2.45, 2.75) is 6.92 Å². The monoisotopic (exact) mass is 216 g/mol. The number of non-ortho nitro benzene ring substituents is 1. The molecule has 0 aliphatic rings. The van der Waals surface area contributed by atoms with Gasteiger partial charge in [0.2, 0.25) is 0 Å². The highest BCUT2D eigenvalue weighted by molar-refractivity contribution is 5.47. The third-order valence-corrected chi connectivity index (χ3v) is 1.86. The van der Waals surface area contributed by atoms with Gasteiger partial charge < -0.3 is 0 Å². The van der Waals surface area contributed by atoms with Crippen molar-refractivity contribution in [2.75, 3.05) is 6.54 Å². The molecule has 0 bridgehead atoms. The number of nitro benzene ring substituents is 1.